The molecule has 1 heterocycles. The molecular formula is C19H31NO. The van der Waals surface area contributed by atoms with Crippen molar-refractivity contribution in [1.82, 2.24) is 5.32 Å². The van der Waals surface area contributed by atoms with Gasteiger partial charge in [0.25, 0.3) is 0 Å². The molecule has 2 rings (SSSR count). The zero-order valence-electron chi connectivity index (χ0n) is 14.8. The summed E-state index contributed by atoms with van der Waals surface area (Å²) in [6.45, 7) is 16.7. The van der Waals surface area contributed by atoms with E-state index in [1.807, 2.05) is 0 Å². The van der Waals surface area contributed by atoms with Gasteiger partial charge in [-0.2, -0.15) is 0 Å². The molecule has 0 saturated heterocycles. The van der Waals surface area contributed by atoms with Crippen LogP contribution in [0.3, 0.4) is 0 Å². The lowest BCUT2D eigenvalue weighted by molar-refractivity contribution is 0.138. The molecular weight excluding hydrogens is 258 g/mol. The smallest absolute Gasteiger partial charge is 0.123 e. The van der Waals surface area contributed by atoms with Gasteiger partial charge in [0.15, 0.2) is 0 Å². The third-order valence-electron chi connectivity index (χ3n) is 4.25. The number of hydrogen-bond donors (Lipinski definition) is 1. The van der Waals surface area contributed by atoms with E-state index in [0.29, 0.717) is 0 Å². The Morgan fingerprint density at radius 2 is 1.81 bits per heavy atom. The molecule has 21 heavy (non-hydrogen) atoms. The Morgan fingerprint density at radius 1 is 1.14 bits per heavy atom. The van der Waals surface area contributed by atoms with Crippen LogP contribution in [0.2, 0.25) is 0 Å². The summed E-state index contributed by atoms with van der Waals surface area (Å²) >= 11 is 0. The second-order valence-corrected chi connectivity index (χ2v) is 8.67. The fourth-order valence-corrected chi connectivity index (χ4v) is 2.92. The van der Waals surface area contributed by atoms with Crippen LogP contribution in [0.4, 0.5) is 0 Å². The summed E-state index contributed by atoms with van der Waals surface area (Å²) in [6, 6.07) is 6.73. The minimum atomic E-state index is -0.0567. The van der Waals surface area contributed by atoms with Crippen molar-refractivity contribution >= 4 is 0 Å². The Hall–Kier alpha value is -1.02. The normalized spacial score (nSPS) is 17.5. The van der Waals surface area contributed by atoms with Gasteiger partial charge >= 0.3 is 0 Å². The zero-order valence-corrected chi connectivity index (χ0v) is 14.8. The summed E-state index contributed by atoms with van der Waals surface area (Å²) in [7, 11) is 0. The molecule has 0 radical (unpaired) electrons. The van der Waals surface area contributed by atoms with Gasteiger partial charge in [-0.1, -0.05) is 26.0 Å². The maximum absolute atomic E-state index is 5.98. The van der Waals surface area contributed by atoms with Crippen LogP contribution >= 0.6 is 0 Å². The van der Waals surface area contributed by atoms with Crippen LogP contribution in [0.15, 0.2) is 18.2 Å². The highest BCUT2D eigenvalue weighted by Crippen LogP contribution is 2.38. The molecule has 0 unspecified atom stereocenters. The molecule has 1 aliphatic rings. The molecule has 1 N–H and O–H groups in total. The molecule has 0 fully saturated rings. The van der Waals surface area contributed by atoms with Crippen LogP contribution in [0.25, 0.3) is 0 Å². The predicted molar refractivity (Wildman–Crippen MR) is 90.3 cm³/mol. The van der Waals surface area contributed by atoms with Crippen molar-refractivity contribution < 1.29 is 4.74 Å². The topological polar surface area (TPSA) is 21.3 Å². The molecule has 2 nitrogen and oxygen atoms in total. The van der Waals surface area contributed by atoms with Gasteiger partial charge in [0.2, 0.25) is 0 Å². The summed E-state index contributed by atoms with van der Waals surface area (Å²) in [5, 5.41) is 3.59. The number of hydrogen-bond acceptors (Lipinski definition) is 2. The fourth-order valence-electron chi connectivity index (χ4n) is 2.92. The highest BCUT2D eigenvalue weighted by molar-refractivity contribution is 5.43. The molecule has 0 aliphatic carbocycles. The van der Waals surface area contributed by atoms with Crippen molar-refractivity contribution in [3.05, 3.63) is 29.3 Å². The van der Waals surface area contributed by atoms with Gasteiger partial charge in [0.1, 0.15) is 11.4 Å². The Bertz CT molecular complexity index is 509. The summed E-state index contributed by atoms with van der Waals surface area (Å²) in [6.07, 6.45) is 2.14. The van der Waals surface area contributed by atoms with Gasteiger partial charge in [0.05, 0.1) is 0 Å². The molecule has 0 aromatic heterocycles. The van der Waals surface area contributed by atoms with E-state index in [4.69, 9.17) is 4.74 Å². The lowest BCUT2D eigenvalue weighted by Crippen LogP contribution is -2.38. The van der Waals surface area contributed by atoms with E-state index in [-0.39, 0.29) is 16.6 Å². The van der Waals surface area contributed by atoms with Gasteiger partial charge in [-0.05, 0) is 70.2 Å². The summed E-state index contributed by atoms with van der Waals surface area (Å²) < 4.78 is 5.98. The van der Waals surface area contributed by atoms with Crippen LogP contribution in [0, 0.1) is 0 Å². The van der Waals surface area contributed by atoms with E-state index < -0.39 is 0 Å². The first kappa shape index (κ1) is 16.4. The third kappa shape index (κ3) is 4.23. The van der Waals surface area contributed by atoms with Crippen molar-refractivity contribution in [2.24, 2.45) is 0 Å². The first-order valence-electron chi connectivity index (χ1n) is 8.06. The average molecular weight is 289 g/mol. The highest BCUT2D eigenvalue weighted by atomic mass is 16.5. The maximum Gasteiger partial charge on any atom is 0.123 e. The van der Waals surface area contributed by atoms with Crippen molar-refractivity contribution in [3.8, 4) is 5.75 Å². The number of benzene rings is 1. The molecule has 2 heteroatoms. The number of ether oxygens (including phenoxy) is 1. The van der Waals surface area contributed by atoms with E-state index in [2.05, 4.69) is 72.0 Å². The largest absolute Gasteiger partial charge is 0.487 e. The second kappa shape index (κ2) is 5.31. The minimum absolute atomic E-state index is 0.0567. The fraction of sp³-hybridized carbons (Fsp3) is 0.684. The van der Waals surface area contributed by atoms with Crippen LogP contribution in [0.1, 0.15) is 66.0 Å². The Labute approximate surface area is 130 Å². The molecule has 1 aliphatic heterocycles. The average Bonchev–Trinajstić information content (AvgIpc) is 2.59. The molecule has 0 amide bonds. The first-order valence-corrected chi connectivity index (χ1v) is 8.06. The van der Waals surface area contributed by atoms with Gasteiger partial charge in [-0.25, -0.2) is 0 Å². The molecule has 1 aromatic rings. The summed E-state index contributed by atoms with van der Waals surface area (Å²) in [5.74, 6) is 1.06. The predicted octanol–water partition coefficient (Wildman–Crippen LogP) is 4.46. The van der Waals surface area contributed by atoms with Gasteiger partial charge < -0.3 is 10.1 Å². The van der Waals surface area contributed by atoms with Crippen LogP contribution in [-0.4, -0.2) is 17.7 Å². The minimum Gasteiger partial charge on any atom is -0.487 e. The van der Waals surface area contributed by atoms with E-state index in [9.17, 15) is 0 Å². The van der Waals surface area contributed by atoms with Crippen LogP contribution in [-0.2, 0) is 11.8 Å². The summed E-state index contributed by atoms with van der Waals surface area (Å²) in [5.41, 5.74) is 3.08. The standard InChI is InChI=1S/C19H31NO/c1-17(2,3)20-11-10-18(4,5)15-8-9-16-14(12-15)13-19(6,7)21-16/h8-9,12,20H,10-11,13H2,1-7H3. The SMILES string of the molecule is CC(C)(C)NCCC(C)(C)c1ccc2c(c1)CC(C)(C)O2. The van der Waals surface area contributed by atoms with E-state index in [0.717, 1.165) is 25.1 Å². The lowest BCUT2D eigenvalue weighted by Gasteiger charge is -2.28. The monoisotopic (exact) mass is 289 g/mol. The summed E-state index contributed by atoms with van der Waals surface area (Å²) in [4.78, 5) is 0. The molecule has 0 atom stereocenters. The first-order chi connectivity index (χ1) is 9.49. The zero-order chi connectivity index (χ0) is 15.9. The van der Waals surface area contributed by atoms with Crippen molar-refractivity contribution in [1.29, 1.82) is 0 Å². The van der Waals surface area contributed by atoms with E-state index in [1.165, 1.54) is 11.1 Å². The van der Waals surface area contributed by atoms with Crippen molar-refractivity contribution in [2.45, 2.75) is 77.9 Å². The number of fused-ring (bicyclic) bond motifs is 1. The number of nitrogens with one attached hydrogen (secondary N) is 1. The van der Waals surface area contributed by atoms with Crippen molar-refractivity contribution in [2.75, 3.05) is 6.54 Å². The van der Waals surface area contributed by atoms with Crippen molar-refractivity contribution in [3.63, 3.8) is 0 Å². The lowest BCUT2D eigenvalue weighted by atomic mass is 9.80. The molecule has 0 bridgehead atoms. The molecule has 0 spiro atoms. The molecule has 1 aromatic carbocycles. The van der Waals surface area contributed by atoms with Gasteiger partial charge in [-0.3, -0.25) is 0 Å². The van der Waals surface area contributed by atoms with Gasteiger partial charge in [-0.15, -0.1) is 0 Å². The maximum atomic E-state index is 5.98. The molecule has 0 saturated carbocycles. The Balaban J connectivity index is 2.08. The Kier molecular flexibility index (Phi) is 4.14. The highest BCUT2D eigenvalue weighted by Gasteiger charge is 2.31. The van der Waals surface area contributed by atoms with Crippen LogP contribution < -0.4 is 10.1 Å². The third-order valence-corrected chi connectivity index (χ3v) is 4.25. The number of rotatable bonds is 4. The van der Waals surface area contributed by atoms with E-state index in [1.54, 1.807) is 0 Å². The quantitative estimate of drug-likeness (QED) is 0.884. The Morgan fingerprint density at radius 3 is 2.43 bits per heavy atom. The molecule has 118 valence electrons. The second-order valence-electron chi connectivity index (χ2n) is 8.67. The van der Waals surface area contributed by atoms with E-state index >= 15 is 0 Å². The van der Waals surface area contributed by atoms with Gasteiger partial charge in [0, 0.05) is 12.0 Å². The van der Waals surface area contributed by atoms with Crippen LogP contribution in [0.5, 0.6) is 5.75 Å².